The number of para-hydroxylation sites is 1. The number of aromatic nitrogens is 3. The molecule has 2 N–H and O–H groups in total. The Labute approximate surface area is 214 Å². The van der Waals surface area contributed by atoms with Crippen molar-refractivity contribution in [1.82, 2.24) is 19.9 Å². The highest BCUT2D eigenvalue weighted by atomic mass is 16.6. The lowest BCUT2D eigenvalue weighted by atomic mass is 9.99. The van der Waals surface area contributed by atoms with Crippen LogP contribution in [0.2, 0.25) is 0 Å². The summed E-state index contributed by atoms with van der Waals surface area (Å²) in [4.78, 5) is 35.9. The minimum atomic E-state index is -1.15. The van der Waals surface area contributed by atoms with Gasteiger partial charge in [0.15, 0.2) is 6.04 Å². The minimum Gasteiger partial charge on any atom is -0.482 e. The number of anilines is 1. The van der Waals surface area contributed by atoms with Crippen molar-refractivity contribution in [2.75, 3.05) is 12.4 Å². The van der Waals surface area contributed by atoms with Gasteiger partial charge >= 0.3 is 5.97 Å². The highest BCUT2D eigenvalue weighted by Crippen LogP contribution is 2.31. The number of carbonyl (C=O) groups excluding carboxylic acids is 2. The molecular weight excluding hydrogens is 470 g/mol. The number of Topliss-reactive ketones (excluding diaryl/α,β-unsaturated/α-hetero) is 1. The first-order valence-electron chi connectivity index (χ1n) is 12.1. The van der Waals surface area contributed by atoms with Gasteiger partial charge in [-0.3, -0.25) is 10.1 Å². The van der Waals surface area contributed by atoms with Crippen LogP contribution < -0.4 is 15.4 Å². The Morgan fingerprint density at radius 1 is 1.11 bits per heavy atom. The third-order valence-electron chi connectivity index (χ3n) is 6.01. The van der Waals surface area contributed by atoms with E-state index >= 15 is 0 Å². The van der Waals surface area contributed by atoms with Crippen molar-refractivity contribution < 1.29 is 19.1 Å². The lowest BCUT2D eigenvalue weighted by molar-refractivity contribution is -0.156. The lowest BCUT2D eigenvalue weighted by Crippen LogP contribution is -2.50. The van der Waals surface area contributed by atoms with Gasteiger partial charge in [-0.1, -0.05) is 48.5 Å². The second-order valence-corrected chi connectivity index (χ2v) is 9.83. The fourth-order valence-corrected chi connectivity index (χ4v) is 4.34. The molecule has 190 valence electrons. The summed E-state index contributed by atoms with van der Waals surface area (Å²) >= 11 is 0. The maximum Gasteiger partial charge on any atom is 0.331 e. The number of ether oxygens (including phenoxy) is 2. The molecule has 5 rings (SSSR count). The highest BCUT2D eigenvalue weighted by Gasteiger charge is 2.38. The average Bonchev–Trinajstić information content (AvgIpc) is 3.26. The van der Waals surface area contributed by atoms with E-state index in [-0.39, 0.29) is 18.2 Å². The summed E-state index contributed by atoms with van der Waals surface area (Å²) in [5.41, 5.74) is 1.94. The van der Waals surface area contributed by atoms with Crippen LogP contribution >= 0.6 is 0 Å². The van der Waals surface area contributed by atoms with Gasteiger partial charge in [-0.15, -0.1) is 0 Å². The van der Waals surface area contributed by atoms with Crippen LogP contribution in [0.1, 0.15) is 42.4 Å². The first kappa shape index (κ1) is 24.5. The zero-order chi connectivity index (χ0) is 26.2. The van der Waals surface area contributed by atoms with Crippen LogP contribution in [-0.2, 0) is 22.6 Å². The second kappa shape index (κ2) is 9.67. The molecule has 0 amide bonds. The monoisotopic (exact) mass is 499 g/mol. The third kappa shape index (κ3) is 4.90. The predicted octanol–water partition coefficient (Wildman–Crippen LogP) is 4.04. The van der Waals surface area contributed by atoms with Crippen LogP contribution in [0, 0.1) is 0 Å². The van der Waals surface area contributed by atoms with Crippen molar-refractivity contribution in [3.63, 3.8) is 0 Å². The number of benzene rings is 2. The fraction of sp³-hybridized carbons (Fsp3) is 0.286. The Bertz CT molecular complexity index is 1470. The number of esters is 1. The van der Waals surface area contributed by atoms with Gasteiger partial charge < -0.3 is 14.8 Å². The van der Waals surface area contributed by atoms with Crippen molar-refractivity contribution in [1.29, 1.82) is 0 Å². The predicted molar refractivity (Wildman–Crippen MR) is 140 cm³/mol. The molecule has 9 heteroatoms. The Morgan fingerprint density at radius 2 is 1.84 bits per heavy atom. The molecule has 0 saturated carbocycles. The van der Waals surface area contributed by atoms with E-state index in [4.69, 9.17) is 14.5 Å². The number of hydrogen-bond donors (Lipinski definition) is 2. The van der Waals surface area contributed by atoms with E-state index in [2.05, 4.69) is 15.6 Å². The summed E-state index contributed by atoms with van der Waals surface area (Å²) in [5.74, 6) is 0.210. The van der Waals surface area contributed by atoms with Gasteiger partial charge in [-0.05, 0) is 32.4 Å². The topological polar surface area (TPSA) is 107 Å². The average molecular weight is 500 g/mol. The number of fused-ring (bicyclic) bond motifs is 2. The molecule has 4 aromatic rings. The molecule has 0 aliphatic carbocycles. The molecule has 0 spiro atoms. The quantitative estimate of drug-likeness (QED) is 0.302. The van der Waals surface area contributed by atoms with Crippen LogP contribution in [0.4, 0.5) is 5.82 Å². The number of carbonyl (C=O) groups is 2. The van der Waals surface area contributed by atoms with Gasteiger partial charge in [-0.25, -0.2) is 14.3 Å². The first-order chi connectivity index (χ1) is 17.7. The van der Waals surface area contributed by atoms with Crippen molar-refractivity contribution in [3.8, 4) is 11.8 Å². The van der Waals surface area contributed by atoms with E-state index in [1.54, 1.807) is 32.4 Å². The molecule has 1 unspecified atom stereocenters. The molecule has 1 aliphatic heterocycles. The molecule has 0 bridgehead atoms. The molecule has 3 heterocycles. The van der Waals surface area contributed by atoms with Gasteiger partial charge in [0.05, 0.1) is 12.6 Å². The molecule has 37 heavy (non-hydrogen) atoms. The highest BCUT2D eigenvalue weighted by molar-refractivity contribution is 6.13. The van der Waals surface area contributed by atoms with E-state index in [9.17, 15) is 9.59 Å². The van der Waals surface area contributed by atoms with Crippen molar-refractivity contribution in [2.45, 2.75) is 45.5 Å². The molecule has 1 atom stereocenters. The maximum absolute atomic E-state index is 13.6. The van der Waals surface area contributed by atoms with E-state index in [0.717, 1.165) is 16.5 Å². The molecular formula is C28H29N5O4. The standard InChI is InChI=1S/C28H29N5O4/c1-28(2,3)37-26(35)23-24(34)22-19(16-29-23)25(30-15-17-10-6-5-7-11-17)32-27(31-22)33-20-13-9-8-12-18(20)14-21(33)36-4/h5-14,23,29H,15-16H2,1-4H3,(H,30,31,32). The smallest absolute Gasteiger partial charge is 0.331 e. The lowest BCUT2D eigenvalue weighted by Gasteiger charge is -2.28. The van der Waals surface area contributed by atoms with Crippen LogP contribution in [-0.4, -0.2) is 45.0 Å². The molecule has 0 radical (unpaired) electrons. The third-order valence-corrected chi connectivity index (χ3v) is 6.01. The normalized spacial score (nSPS) is 15.4. The molecule has 2 aromatic heterocycles. The van der Waals surface area contributed by atoms with E-state index in [1.807, 2.05) is 60.7 Å². The Balaban J connectivity index is 1.61. The van der Waals surface area contributed by atoms with Gasteiger partial charge in [0, 0.05) is 30.1 Å². The number of hydrogen-bond acceptors (Lipinski definition) is 8. The summed E-state index contributed by atoms with van der Waals surface area (Å²) < 4.78 is 12.9. The van der Waals surface area contributed by atoms with E-state index < -0.39 is 23.4 Å². The first-order valence-corrected chi connectivity index (χ1v) is 12.1. The van der Waals surface area contributed by atoms with Gasteiger partial charge in [0.25, 0.3) is 0 Å². The number of rotatable bonds is 6. The zero-order valence-electron chi connectivity index (χ0n) is 21.2. The molecule has 1 aliphatic rings. The Kier molecular flexibility index (Phi) is 6.39. The van der Waals surface area contributed by atoms with Gasteiger partial charge in [0.2, 0.25) is 17.6 Å². The SMILES string of the molecule is COc1cc2ccccc2n1-c1nc(NCc2ccccc2)c2c(n1)C(=O)C(C(=O)OC(C)(C)C)NC2. The maximum atomic E-state index is 13.6. The van der Waals surface area contributed by atoms with Crippen molar-refractivity contribution in [2.24, 2.45) is 0 Å². The Morgan fingerprint density at radius 3 is 2.57 bits per heavy atom. The van der Waals surface area contributed by atoms with Crippen LogP contribution in [0.5, 0.6) is 5.88 Å². The van der Waals surface area contributed by atoms with Crippen LogP contribution in [0.3, 0.4) is 0 Å². The van der Waals surface area contributed by atoms with Crippen LogP contribution in [0.25, 0.3) is 16.9 Å². The summed E-state index contributed by atoms with van der Waals surface area (Å²) in [5, 5.41) is 7.33. The fourth-order valence-electron chi connectivity index (χ4n) is 4.34. The second-order valence-electron chi connectivity index (χ2n) is 9.83. The summed E-state index contributed by atoms with van der Waals surface area (Å²) in [6.07, 6.45) is 0. The molecule has 0 saturated heterocycles. The Hall–Kier alpha value is -4.24. The summed E-state index contributed by atoms with van der Waals surface area (Å²) in [6.45, 7) is 6.02. The van der Waals surface area contributed by atoms with E-state index in [1.165, 1.54) is 0 Å². The van der Waals surface area contributed by atoms with Crippen molar-refractivity contribution in [3.05, 3.63) is 77.5 Å². The van der Waals surface area contributed by atoms with E-state index in [0.29, 0.717) is 23.8 Å². The molecule has 9 nitrogen and oxygen atoms in total. The summed E-state index contributed by atoms with van der Waals surface area (Å²) in [7, 11) is 1.57. The summed E-state index contributed by atoms with van der Waals surface area (Å²) in [6, 6.07) is 18.4. The van der Waals surface area contributed by atoms with Gasteiger partial charge in [0.1, 0.15) is 17.1 Å². The van der Waals surface area contributed by atoms with Gasteiger partial charge in [-0.2, -0.15) is 4.98 Å². The largest absolute Gasteiger partial charge is 0.482 e. The number of methoxy groups -OCH3 is 1. The number of ketones is 1. The number of nitrogens with one attached hydrogen (secondary N) is 2. The van der Waals surface area contributed by atoms with Crippen molar-refractivity contribution >= 4 is 28.5 Å². The number of nitrogens with zero attached hydrogens (tertiary/aromatic N) is 3. The van der Waals surface area contributed by atoms with Crippen LogP contribution in [0.15, 0.2) is 60.7 Å². The molecule has 0 fully saturated rings. The zero-order valence-corrected chi connectivity index (χ0v) is 21.2. The minimum absolute atomic E-state index is 0.176. The molecule has 2 aromatic carbocycles.